The van der Waals surface area contributed by atoms with E-state index in [2.05, 4.69) is 14.7 Å². The summed E-state index contributed by atoms with van der Waals surface area (Å²) in [5.41, 5.74) is -0.642. The molecule has 0 fully saturated rings. The van der Waals surface area contributed by atoms with Crippen LogP contribution in [0, 0.1) is 11.6 Å². The van der Waals surface area contributed by atoms with E-state index in [0.717, 1.165) is 12.1 Å². The molecule has 2 aromatic rings. The molecule has 1 aromatic heterocycles. The summed E-state index contributed by atoms with van der Waals surface area (Å²) in [4.78, 5) is 7.75. The third kappa shape index (κ3) is 5.29. The number of pyridine rings is 1. The van der Waals surface area contributed by atoms with Crippen LogP contribution >= 0.6 is 0 Å². The second-order valence-corrected chi connectivity index (χ2v) is 6.16. The molecule has 1 aliphatic rings. The zero-order valence-electron chi connectivity index (χ0n) is 14.7. The molecule has 1 atom stereocenters. The first-order valence-corrected chi connectivity index (χ1v) is 8.24. The maximum atomic E-state index is 13.8. The lowest BCUT2D eigenvalue weighted by atomic mass is 10.00. The zero-order chi connectivity index (χ0) is 20.1. The van der Waals surface area contributed by atoms with Gasteiger partial charge in [-0.1, -0.05) is 6.07 Å². The van der Waals surface area contributed by atoms with Crippen molar-refractivity contribution in [3.05, 3.63) is 66.0 Å². The Morgan fingerprint density at radius 3 is 2.75 bits per heavy atom. The number of alkyl halides is 2. The first-order chi connectivity index (χ1) is 13.3. The normalized spacial score (nSPS) is 18.9. The molecule has 1 aromatic carbocycles. The number of benzene rings is 1. The lowest BCUT2D eigenvalue weighted by Gasteiger charge is -2.29. The highest BCUT2D eigenvalue weighted by molar-refractivity contribution is 5.81. The van der Waals surface area contributed by atoms with Crippen LogP contribution in [-0.4, -0.2) is 23.1 Å². The molecule has 0 N–H and O–H groups in total. The quantitative estimate of drug-likeness (QED) is 0.668. The average Bonchev–Trinajstić information content (AvgIpc) is 2.61. The highest BCUT2D eigenvalue weighted by Crippen LogP contribution is 2.27. The Bertz CT molecular complexity index is 904. The third-order valence-corrected chi connectivity index (χ3v) is 3.87. The first-order valence-electron chi connectivity index (χ1n) is 8.24. The standard InChI is InChI=1S/C19H16F4N2O3/c1-19(26-11-12-2-3-13(20)8-15(12)21)5-7-25-17(10-19)27-14-4-6-24-16(9-14)28-18(22)23/h2-9,18H,10-11H2,1H3. The van der Waals surface area contributed by atoms with E-state index in [1.165, 1.54) is 30.6 Å². The number of hydrogen-bond acceptors (Lipinski definition) is 5. The van der Waals surface area contributed by atoms with E-state index in [0.29, 0.717) is 0 Å². The number of rotatable bonds is 6. The molecule has 9 heteroatoms. The summed E-state index contributed by atoms with van der Waals surface area (Å²) in [5.74, 6) is -1.17. The van der Waals surface area contributed by atoms with Gasteiger partial charge in [0.05, 0.1) is 18.6 Å². The molecule has 2 heterocycles. The molecular weight excluding hydrogens is 380 g/mol. The molecular formula is C19H16F4N2O3. The molecule has 3 rings (SSSR count). The average molecular weight is 396 g/mol. The molecule has 148 valence electrons. The summed E-state index contributed by atoms with van der Waals surface area (Å²) in [5, 5.41) is 0. The fourth-order valence-corrected chi connectivity index (χ4v) is 2.47. The fourth-order valence-electron chi connectivity index (χ4n) is 2.47. The molecule has 0 amide bonds. The number of hydrogen-bond donors (Lipinski definition) is 0. The van der Waals surface area contributed by atoms with Crippen LogP contribution in [0.3, 0.4) is 0 Å². The van der Waals surface area contributed by atoms with Gasteiger partial charge in [0.25, 0.3) is 0 Å². The second kappa shape index (κ2) is 8.39. The van der Waals surface area contributed by atoms with E-state index < -0.39 is 23.8 Å². The summed E-state index contributed by atoms with van der Waals surface area (Å²) >= 11 is 0. The van der Waals surface area contributed by atoms with Crippen LogP contribution < -0.4 is 9.47 Å². The van der Waals surface area contributed by atoms with Gasteiger partial charge < -0.3 is 14.2 Å². The Morgan fingerprint density at radius 2 is 2.00 bits per heavy atom. The van der Waals surface area contributed by atoms with Crippen LogP contribution in [0.25, 0.3) is 0 Å². The largest absolute Gasteiger partial charge is 0.443 e. The molecule has 0 spiro atoms. The highest BCUT2D eigenvalue weighted by atomic mass is 19.3. The Kier molecular flexibility index (Phi) is 5.93. The van der Waals surface area contributed by atoms with Crippen molar-refractivity contribution in [2.75, 3.05) is 0 Å². The number of aliphatic imine (C=N–C) groups is 1. The number of aromatic nitrogens is 1. The van der Waals surface area contributed by atoms with Gasteiger partial charge in [-0.05, 0) is 25.1 Å². The predicted molar refractivity (Wildman–Crippen MR) is 92.2 cm³/mol. The summed E-state index contributed by atoms with van der Waals surface area (Å²) in [6, 6.07) is 5.92. The number of halogens is 4. The Hall–Kier alpha value is -2.94. The summed E-state index contributed by atoms with van der Waals surface area (Å²) in [6.07, 6.45) is 4.62. The van der Waals surface area contributed by atoms with Gasteiger partial charge in [0.2, 0.25) is 5.88 Å². The van der Waals surface area contributed by atoms with Gasteiger partial charge in [-0.2, -0.15) is 8.78 Å². The maximum absolute atomic E-state index is 13.8. The van der Waals surface area contributed by atoms with E-state index in [1.807, 2.05) is 0 Å². The molecule has 0 saturated carbocycles. The minimum atomic E-state index is -3.00. The van der Waals surface area contributed by atoms with Gasteiger partial charge in [0.1, 0.15) is 17.4 Å². The fraction of sp³-hybridized carbons (Fsp3) is 0.263. The van der Waals surface area contributed by atoms with Crippen LogP contribution in [-0.2, 0) is 11.3 Å². The van der Waals surface area contributed by atoms with Crippen molar-refractivity contribution < 1.29 is 31.8 Å². The van der Waals surface area contributed by atoms with E-state index in [4.69, 9.17) is 9.47 Å². The lowest BCUT2D eigenvalue weighted by molar-refractivity contribution is -0.0529. The van der Waals surface area contributed by atoms with Crippen molar-refractivity contribution in [3.63, 3.8) is 0 Å². The molecule has 5 nitrogen and oxygen atoms in total. The number of ether oxygens (including phenoxy) is 3. The highest BCUT2D eigenvalue weighted by Gasteiger charge is 2.28. The second-order valence-electron chi connectivity index (χ2n) is 6.16. The van der Waals surface area contributed by atoms with Crippen LogP contribution in [0.4, 0.5) is 17.6 Å². The minimum absolute atomic E-state index is 0.0815. The SMILES string of the molecule is CC1(OCc2ccc(F)cc2F)C=CN=C(Oc2ccnc(OC(F)F)c2)C1. The monoisotopic (exact) mass is 396 g/mol. The van der Waals surface area contributed by atoms with Gasteiger partial charge in [-0.25, -0.2) is 18.8 Å². The minimum Gasteiger partial charge on any atom is -0.443 e. The van der Waals surface area contributed by atoms with Crippen molar-refractivity contribution >= 4 is 5.90 Å². The van der Waals surface area contributed by atoms with Crippen molar-refractivity contribution in [2.24, 2.45) is 4.99 Å². The van der Waals surface area contributed by atoms with Crippen molar-refractivity contribution in [1.29, 1.82) is 0 Å². The van der Waals surface area contributed by atoms with Crippen molar-refractivity contribution in [2.45, 2.75) is 32.2 Å². The molecule has 0 aliphatic carbocycles. The van der Waals surface area contributed by atoms with E-state index >= 15 is 0 Å². The Labute approximate surface area is 158 Å². The summed E-state index contributed by atoms with van der Waals surface area (Å²) < 4.78 is 66.9. The first kappa shape index (κ1) is 19.8. The van der Waals surface area contributed by atoms with Gasteiger partial charge in [0.15, 0.2) is 5.90 Å². The van der Waals surface area contributed by atoms with E-state index in [-0.39, 0.29) is 36.1 Å². The smallest absolute Gasteiger partial charge is 0.388 e. The summed E-state index contributed by atoms with van der Waals surface area (Å²) in [7, 11) is 0. The molecule has 0 saturated heterocycles. The molecule has 0 bridgehead atoms. The predicted octanol–water partition coefficient (Wildman–Crippen LogP) is 4.63. The van der Waals surface area contributed by atoms with Gasteiger partial charge in [-0.3, -0.25) is 0 Å². The van der Waals surface area contributed by atoms with Crippen molar-refractivity contribution in [3.8, 4) is 11.6 Å². The summed E-state index contributed by atoms with van der Waals surface area (Å²) in [6.45, 7) is -1.33. The number of nitrogens with zero attached hydrogens (tertiary/aromatic N) is 2. The van der Waals surface area contributed by atoms with Crippen LogP contribution in [0.2, 0.25) is 0 Å². The zero-order valence-corrected chi connectivity index (χ0v) is 14.7. The van der Waals surface area contributed by atoms with Gasteiger partial charge in [-0.15, -0.1) is 0 Å². The van der Waals surface area contributed by atoms with Crippen molar-refractivity contribution in [1.82, 2.24) is 4.98 Å². The lowest BCUT2D eigenvalue weighted by Crippen LogP contribution is -2.33. The Balaban J connectivity index is 1.63. The Morgan fingerprint density at radius 1 is 1.18 bits per heavy atom. The molecule has 1 aliphatic heterocycles. The van der Waals surface area contributed by atoms with Gasteiger partial charge in [0, 0.05) is 30.1 Å². The molecule has 0 radical (unpaired) electrons. The topological polar surface area (TPSA) is 52.9 Å². The molecule has 1 unspecified atom stereocenters. The molecule has 28 heavy (non-hydrogen) atoms. The van der Waals surface area contributed by atoms with E-state index in [9.17, 15) is 17.6 Å². The van der Waals surface area contributed by atoms with E-state index in [1.54, 1.807) is 13.0 Å². The maximum Gasteiger partial charge on any atom is 0.388 e. The van der Waals surface area contributed by atoms with Crippen LogP contribution in [0.1, 0.15) is 18.9 Å². The third-order valence-electron chi connectivity index (χ3n) is 3.87. The van der Waals surface area contributed by atoms with Gasteiger partial charge >= 0.3 is 6.61 Å². The van der Waals surface area contributed by atoms with Crippen LogP contribution in [0.5, 0.6) is 11.6 Å². The van der Waals surface area contributed by atoms with Crippen LogP contribution in [0.15, 0.2) is 53.8 Å².